The minimum Gasteiger partial charge on any atom is -0.488 e. The Balaban J connectivity index is 1.49. The normalized spacial score (nSPS) is 18.7. The molecule has 2 aromatic rings. The number of piperidine rings is 1. The molecule has 5 rings (SSSR count). The maximum atomic E-state index is 13.5. The van der Waals surface area contributed by atoms with Crippen molar-refractivity contribution in [3.05, 3.63) is 73.3 Å². The first-order chi connectivity index (χ1) is 19.4. The number of carbonyl (C=O) groups excluding carboxylic acids is 2. The standard InChI is InChI=1S/C30H35N7O3/c1-5-15-35(4)25-19-26(40-22-11-12-22)24(18-23(25)32-28(38)6-2)33-29-31-14-13-27(34-29)37-17-8-10-21-9-7-16-36(20(21)3)30(37)39/h6,8,10,13-14,17-19,22H,2-3,5,7,9,11-12,15-16H2,1,4H3,(H,32,38)(H,31,33,34)/b17-8-,21-10-. The molecule has 10 nitrogen and oxygen atoms in total. The predicted octanol–water partition coefficient (Wildman–Crippen LogP) is 5.72. The highest BCUT2D eigenvalue weighted by atomic mass is 16.5. The number of benzene rings is 1. The summed E-state index contributed by atoms with van der Waals surface area (Å²) >= 11 is 0. The number of allylic oxidation sites excluding steroid dienone is 3. The van der Waals surface area contributed by atoms with Gasteiger partial charge in [0, 0.05) is 50.4 Å². The highest BCUT2D eigenvalue weighted by Gasteiger charge is 2.30. The van der Waals surface area contributed by atoms with Crippen molar-refractivity contribution in [2.24, 2.45) is 0 Å². The van der Waals surface area contributed by atoms with E-state index in [-0.39, 0.29) is 24.0 Å². The van der Waals surface area contributed by atoms with Crippen LogP contribution in [0.3, 0.4) is 0 Å². The number of ether oxygens (including phenoxy) is 1. The first kappa shape index (κ1) is 27.0. The van der Waals surface area contributed by atoms with Crippen LogP contribution in [-0.4, -0.2) is 53.0 Å². The summed E-state index contributed by atoms with van der Waals surface area (Å²) in [5.41, 5.74) is 3.83. The molecular weight excluding hydrogens is 506 g/mol. The molecule has 2 bridgehead atoms. The number of hydrogen-bond donors (Lipinski definition) is 2. The Morgan fingerprint density at radius 2 is 2.12 bits per heavy atom. The highest BCUT2D eigenvalue weighted by molar-refractivity contribution is 6.02. The van der Waals surface area contributed by atoms with Gasteiger partial charge in [0.15, 0.2) is 0 Å². The third-order valence-corrected chi connectivity index (χ3v) is 6.96. The summed E-state index contributed by atoms with van der Waals surface area (Å²) in [6.45, 7) is 11.2. The molecule has 3 aliphatic rings. The molecule has 1 saturated carbocycles. The van der Waals surface area contributed by atoms with Crippen LogP contribution >= 0.6 is 0 Å². The number of amides is 3. The van der Waals surface area contributed by atoms with E-state index in [2.05, 4.69) is 45.6 Å². The van der Waals surface area contributed by atoms with Gasteiger partial charge in [0.05, 0.1) is 23.2 Å². The van der Waals surface area contributed by atoms with Gasteiger partial charge in [0.1, 0.15) is 11.6 Å². The first-order valence-electron chi connectivity index (χ1n) is 13.6. The van der Waals surface area contributed by atoms with E-state index in [1.54, 1.807) is 23.4 Å². The number of hydrogen-bond acceptors (Lipinski definition) is 7. The number of rotatable bonds is 10. The van der Waals surface area contributed by atoms with Crippen LogP contribution in [0.4, 0.5) is 33.6 Å². The molecule has 1 aromatic heterocycles. The van der Waals surface area contributed by atoms with Gasteiger partial charge in [-0.3, -0.25) is 14.6 Å². The van der Waals surface area contributed by atoms with Gasteiger partial charge in [-0.2, -0.15) is 4.98 Å². The Bertz CT molecular complexity index is 1400. The Kier molecular flexibility index (Phi) is 7.86. The van der Waals surface area contributed by atoms with E-state index in [0.717, 1.165) is 55.6 Å². The van der Waals surface area contributed by atoms with Crippen LogP contribution in [0.2, 0.25) is 0 Å². The summed E-state index contributed by atoms with van der Waals surface area (Å²) in [6.07, 6.45) is 13.2. The van der Waals surface area contributed by atoms with E-state index in [1.807, 2.05) is 31.3 Å². The molecule has 2 N–H and O–H groups in total. The second-order valence-corrected chi connectivity index (χ2v) is 10.0. The van der Waals surface area contributed by atoms with Crippen molar-refractivity contribution in [2.75, 3.05) is 40.6 Å². The minimum atomic E-state index is -0.315. The third kappa shape index (κ3) is 5.85. The lowest BCUT2D eigenvalue weighted by atomic mass is 10.0. The lowest BCUT2D eigenvalue weighted by molar-refractivity contribution is -0.111. The Hall–Kier alpha value is -4.60. The molecule has 2 aliphatic heterocycles. The number of urea groups is 1. The van der Waals surface area contributed by atoms with Crippen LogP contribution in [0, 0.1) is 0 Å². The van der Waals surface area contributed by atoms with Crippen molar-refractivity contribution >= 4 is 40.8 Å². The first-order valence-corrected chi connectivity index (χ1v) is 13.6. The third-order valence-electron chi connectivity index (χ3n) is 6.96. The number of fused-ring (bicyclic) bond motifs is 2. The highest BCUT2D eigenvalue weighted by Crippen LogP contribution is 2.41. The lowest BCUT2D eigenvalue weighted by Gasteiger charge is -2.35. The van der Waals surface area contributed by atoms with Gasteiger partial charge in [-0.25, -0.2) is 9.78 Å². The fourth-order valence-electron chi connectivity index (χ4n) is 4.73. The number of nitrogens with zero attached hydrogens (tertiary/aromatic N) is 5. The van der Waals surface area contributed by atoms with E-state index < -0.39 is 0 Å². The Labute approximate surface area is 234 Å². The fraction of sp³-hybridized carbons (Fsp3) is 0.333. The zero-order valence-electron chi connectivity index (χ0n) is 23.0. The van der Waals surface area contributed by atoms with Crippen molar-refractivity contribution in [2.45, 2.75) is 45.1 Å². The van der Waals surface area contributed by atoms with Crippen LogP contribution in [-0.2, 0) is 4.79 Å². The number of carbonyl (C=O) groups is 2. The van der Waals surface area contributed by atoms with E-state index in [9.17, 15) is 9.59 Å². The van der Waals surface area contributed by atoms with Gasteiger partial charge in [0.25, 0.3) is 0 Å². The number of aromatic nitrogens is 2. The molecule has 2 fully saturated rings. The van der Waals surface area contributed by atoms with Crippen molar-refractivity contribution in [1.29, 1.82) is 0 Å². The molecule has 0 unspecified atom stereocenters. The second kappa shape index (κ2) is 11.6. The van der Waals surface area contributed by atoms with Gasteiger partial charge < -0.3 is 20.3 Å². The molecule has 3 amide bonds. The quantitative estimate of drug-likeness (QED) is 0.371. The summed E-state index contributed by atoms with van der Waals surface area (Å²) in [5.74, 6) is 1.02. The molecule has 0 atom stereocenters. The van der Waals surface area contributed by atoms with E-state index in [1.165, 1.54) is 11.0 Å². The van der Waals surface area contributed by atoms with Crippen LogP contribution < -0.4 is 25.2 Å². The topological polar surface area (TPSA) is 103 Å². The monoisotopic (exact) mass is 541 g/mol. The van der Waals surface area contributed by atoms with Crippen LogP contribution in [0.15, 0.2) is 73.3 Å². The van der Waals surface area contributed by atoms with Crippen LogP contribution in [0.25, 0.3) is 0 Å². The van der Waals surface area contributed by atoms with Crippen molar-refractivity contribution < 1.29 is 14.3 Å². The predicted molar refractivity (Wildman–Crippen MR) is 158 cm³/mol. The molecule has 0 spiro atoms. The maximum absolute atomic E-state index is 13.5. The van der Waals surface area contributed by atoms with Gasteiger partial charge in [0.2, 0.25) is 11.9 Å². The molecular formula is C30H35N7O3. The fourth-order valence-corrected chi connectivity index (χ4v) is 4.73. The average molecular weight is 542 g/mol. The largest absolute Gasteiger partial charge is 0.488 e. The SMILES string of the molecule is C=CC(=O)Nc1cc(Nc2nccc(N3/C=C\C=C4\CCCN(C4=C)C3=O)n2)c(OC2CC2)cc1N(C)CCC. The van der Waals surface area contributed by atoms with Gasteiger partial charge in [-0.05, 0) is 55.9 Å². The summed E-state index contributed by atoms with van der Waals surface area (Å²) in [6, 6.07) is 5.22. The molecule has 208 valence electrons. The van der Waals surface area contributed by atoms with Crippen molar-refractivity contribution in [3.8, 4) is 5.75 Å². The smallest absolute Gasteiger partial charge is 0.334 e. The van der Waals surface area contributed by atoms with Gasteiger partial charge >= 0.3 is 6.03 Å². The van der Waals surface area contributed by atoms with Gasteiger partial charge in [-0.15, -0.1) is 0 Å². The zero-order chi connectivity index (χ0) is 28.2. The summed E-state index contributed by atoms with van der Waals surface area (Å²) in [5, 5.41) is 6.17. The maximum Gasteiger partial charge on any atom is 0.334 e. The van der Waals surface area contributed by atoms with E-state index in [0.29, 0.717) is 29.5 Å². The van der Waals surface area contributed by atoms with E-state index >= 15 is 0 Å². The summed E-state index contributed by atoms with van der Waals surface area (Å²) in [7, 11) is 1.98. The molecule has 40 heavy (non-hydrogen) atoms. The molecule has 1 aromatic carbocycles. The molecule has 1 saturated heterocycles. The number of nitrogens with one attached hydrogen (secondary N) is 2. The van der Waals surface area contributed by atoms with Crippen molar-refractivity contribution in [3.63, 3.8) is 0 Å². The number of anilines is 5. The summed E-state index contributed by atoms with van der Waals surface area (Å²) < 4.78 is 6.26. The van der Waals surface area contributed by atoms with Gasteiger partial charge in [-0.1, -0.05) is 26.2 Å². The lowest BCUT2D eigenvalue weighted by Crippen LogP contribution is -2.43. The summed E-state index contributed by atoms with van der Waals surface area (Å²) in [4.78, 5) is 40.1. The molecule has 10 heteroatoms. The van der Waals surface area contributed by atoms with Crippen LogP contribution in [0.5, 0.6) is 5.75 Å². The van der Waals surface area contributed by atoms with Crippen molar-refractivity contribution in [1.82, 2.24) is 14.9 Å². The van der Waals surface area contributed by atoms with Crippen LogP contribution in [0.1, 0.15) is 39.0 Å². The second-order valence-electron chi connectivity index (χ2n) is 10.0. The Morgan fingerprint density at radius 3 is 2.88 bits per heavy atom. The zero-order valence-corrected chi connectivity index (χ0v) is 23.0. The minimum absolute atomic E-state index is 0.144. The average Bonchev–Trinajstić information content (AvgIpc) is 3.77. The Morgan fingerprint density at radius 1 is 1.30 bits per heavy atom. The molecule has 1 aliphatic carbocycles. The molecule has 0 radical (unpaired) electrons. The van der Waals surface area contributed by atoms with E-state index in [4.69, 9.17) is 4.74 Å². The molecule has 3 heterocycles.